The molecule has 3 rings (SSSR count). The lowest BCUT2D eigenvalue weighted by atomic mass is 10.0. The average molecular weight is 393 g/mol. The van der Waals surface area contributed by atoms with E-state index < -0.39 is 12.1 Å². The highest BCUT2D eigenvalue weighted by Crippen LogP contribution is 2.26. The number of carbonyl (C=O) groups excluding carboxylic acids is 2. The fraction of sp³-hybridized carbons (Fsp3) is 0.333. The van der Waals surface area contributed by atoms with Crippen molar-refractivity contribution in [2.75, 3.05) is 5.32 Å². The van der Waals surface area contributed by atoms with Crippen LogP contribution in [0.3, 0.4) is 0 Å². The van der Waals surface area contributed by atoms with Gasteiger partial charge in [0.15, 0.2) is 6.10 Å². The first-order valence-electron chi connectivity index (χ1n) is 9.71. The Morgan fingerprint density at radius 3 is 2.24 bits per heavy atom. The number of benzene rings is 2. The molecule has 1 heterocycles. The van der Waals surface area contributed by atoms with Crippen LogP contribution in [-0.4, -0.2) is 18.0 Å². The first-order valence-corrected chi connectivity index (χ1v) is 9.71. The maximum atomic E-state index is 12.5. The van der Waals surface area contributed by atoms with E-state index in [0.717, 1.165) is 50.0 Å². The summed E-state index contributed by atoms with van der Waals surface area (Å²) in [5.74, 6) is -0.817. The molecular weight excluding hydrogens is 366 g/mol. The standard InChI is InChI=1S/C24H27NO4/c1-13-7-16(4)23(17(5)8-13)25-24(27)18(6)29-22(26)11-19-12-28-21-10-15(3)14(2)9-20(19)21/h7-10,12,18H,11H2,1-6H3,(H,25,27). The minimum atomic E-state index is -0.898. The number of rotatable bonds is 5. The van der Waals surface area contributed by atoms with Crippen LogP contribution in [-0.2, 0) is 20.7 Å². The molecule has 152 valence electrons. The Morgan fingerprint density at radius 1 is 0.966 bits per heavy atom. The number of hydrogen-bond donors (Lipinski definition) is 1. The van der Waals surface area contributed by atoms with Crippen molar-refractivity contribution in [2.45, 2.75) is 54.1 Å². The van der Waals surface area contributed by atoms with Crippen LogP contribution in [0.5, 0.6) is 0 Å². The van der Waals surface area contributed by atoms with Crippen LogP contribution in [0.1, 0.15) is 40.3 Å². The maximum Gasteiger partial charge on any atom is 0.311 e. The fourth-order valence-corrected chi connectivity index (χ4v) is 3.52. The summed E-state index contributed by atoms with van der Waals surface area (Å²) >= 11 is 0. The zero-order valence-electron chi connectivity index (χ0n) is 17.8. The molecule has 0 saturated carbocycles. The van der Waals surface area contributed by atoms with Crippen LogP contribution >= 0.6 is 0 Å². The molecule has 0 fully saturated rings. The largest absolute Gasteiger partial charge is 0.464 e. The van der Waals surface area contributed by atoms with Crippen LogP contribution in [0, 0.1) is 34.6 Å². The fourth-order valence-electron chi connectivity index (χ4n) is 3.52. The van der Waals surface area contributed by atoms with Crippen molar-refractivity contribution >= 4 is 28.5 Å². The number of anilines is 1. The van der Waals surface area contributed by atoms with Gasteiger partial charge in [-0.05, 0) is 75.9 Å². The quantitative estimate of drug-likeness (QED) is 0.613. The van der Waals surface area contributed by atoms with Gasteiger partial charge in [0.25, 0.3) is 5.91 Å². The molecule has 1 aromatic heterocycles. The van der Waals surface area contributed by atoms with Crippen LogP contribution in [0.15, 0.2) is 34.9 Å². The van der Waals surface area contributed by atoms with Gasteiger partial charge in [0, 0.05) is 16.6 Å². The third-order valence-corrected chi connectivity index (χ3v) is 5.21. The van der Waals surface area contributed by atoms with E-state index in [-0.39, 0.29) is 12.3 Å². The van der Waals surface area contributed by atoms with Gasteiger partial charge >= 0.3 is 5.97 Å². The minimum absolute atomic E-state index is 0.0513. The Bertz CT molecular complexity index is 1070. The summed E-state index contributed by atoms with van der Waals surface area (Å²) in [6.45, 7) is 11.5. The Morgan fingerprint density at radius 2 is 1.59 bits per heavy atom. The molecule has 0 aliphatic carbocycles. The monoisotopic (exact) mass is 393 g/mol. The van der Waals surface area contributed by atoms with Crippen molar-refractivity contribution in [2.24, 2.45) is 0 Å². The van der Waals surface area contributed by atoms with E-state index in [1.165, 1.54) is 0 Å². The third-order valence-electron chi connectivity index (χ3n) is 5.21. The Labute approximate surface area is 171 Å². The van der Waals surface area contributed by atoms with Crippen molar-refractivity contribution in [3.05, 3.63) is 63.9 Å². The van der Waals surface area contributed by atoms with Gasteiger partial charge < -0.3 is 14.5 Å². The van der Waals surface area contributed by atoms with Gasteiger partial charge in [-0.3, -0.25) is 9.59 Å². The maximum absolute atomic E-state index is 12.5. The highest BCUT2D eigenvalue weighted by molar-refractivity contribution is 5.96. The number of amides is 1. The number of fused-ring (bicyclic) bond motifs is 1. The van der Waals surface area contributed by atoms with Gasteiger partial charge in [0.2, 0.25) is 0 Å². The molecule has 0 saturated heterocycles. The van der Waals surface area contributed by atoms with Crippen molar-refractivity contribution < 1.29 is 18.7 Å². The predicted octanol–water partition coefficient (Wildman–Crippen LogP) is 5.09. The van der Waals surface area contributed by atoms with E-state index in [1.54, 1.807) is 13.2 Å². The van der Waals surface area contributed by atoms with Crippen molar-refractivity contribution in [3.8, 4) is 0 Å². The van der Waals surface area contributed by atoms with Crippen LogP contribution < -0.4 is 5.32 Å². The Balaban J connectivity index is 1.66. The molecule has 0 spiro atoms. The van der Waals surface area contributed by atoms with Crippen molar-refractivity contribution in [1.82, 2.24) is 0 Å². The SMILES string of the molecule is Cc1cc(C)c(NC(=O)C(C)OC(=O)Cc2coc3cc(C)c(C)cc23)c(C)c1. The second kappa shape index (κ2) is 8.11. The molecule has 0 radical (unpaired) electrons. The first-order chi connectivity index (χ1) is 13.7. The lowest BCUT2D eigenvalue weighted by Crippen LogP contribution is -2.31. The van der Waals surface area contributed by atoms with Crippen LogP contribution in [0.25, 0.3) is 11.0 Å². The summed E-state index contributed by atoms with van der Waals surface area (Å²) in [6.07, 6.45) is 0.731. The van der Waals surface area contributed by atoms with Gasteiger partial charge in [-0.25, -0.2) is 0 Å². The summed E-state index contributed by atoms with van der Waals surface area (Å²) < 4.78 is 10.9. The smallest absolute Gasteiger partial charge is 0.311 e. The molecule has 5 heteroatoms. The normalized spacial score (nSPS) is 12.1. The molecular formula is C24H27NO4. The molecule has 2 aromatic carbocycles. The van der Waals surface area contributed by atoms with Crippen molar-refractivity contribution in [3.63, 3.8) is 0 Å². The zero-order valence-corrected chi connectivity index (χ0v) is 17.8. The molecule has 0 aliphatic heterocycles. The number of esters is 1. The summed E-state index contributed by atoms with van der Waals surface area (Å²) in [4.78, 5) is 24.9. The lowest BCUT2D eigenvalue weighted by molar-refractivity contribution is -0.152. The lowest BCUT2D eigenvalue weighted by Gasteiger charge is -2.17. The average Bonchev–Trinajstić information content (AvgIpc) is 2.99. The molecule has 0 bridgehead atoms. The molecule has 1 N–H and O–H groups in total. The van der Waals surface area contributed by atoms with Gasteiger partial charge in [-0.2, -0.15) is 0 Å². The Kier molecular flexibility index (Phi) is 5.78. The number of ether oxygens (including phenoxy) is 1. The summed E-state index contributed by atoms with van der Waals surface area (Å²) in [5.41, 5.74) is 7.61. The topological polar surface area (TPSA) is 68.5 Å². The van der Waals surface area contributed by atoms with E-state index in [4.69, 9.17) is 9.15 Å². The van der Waals surface area contributed by atoms with E-state index in [0.29, 0.717) is 0 Å². The summed E-state index contributed by atoms with van der Waals surface area (Å²) in [7, 11) is 0. The van der Waals surface area contributed by atoms with E-state index in [2.05, 4.69) is 5.32 Å². The molecule has 3 aromatic rings. The third kappa shape index (κ3) is 4.50. The highest BCUT2D eigenvalue weighted by atomic mass is 16.5. The number of nitrogens with one attached hydrogen (secondary N) is 1. The molecule has 29 heavy (non-hydrogen) atoms. The van der Waals surface area contributed by atoms with E-state index in [9.17, 15) is 9.59 Å². The second-order valence-corrected chi connectivity index (χ2v) is 7.77. The summed E-state index contributed by atoms with van der Waals surface area (Å²) in [5, 5.41) is 3.77. The highest BCUT2D eigenvalue weighted by Gasteiger charge is 2.21. The van der Waals surface area contributed by atoms with Crippen molar-refractivity contribution in [1.29, 1.82) is 0 Å². The van der Waals surface area contributed by atoms with Gasteiger partial charge in [-0.15, -0.1) is 0 Å². The number of hydrogen-bond acceptors (Lipinski definition) is 4. The molecule has 0 aliphatic rings. The first kappa shape index (κ1) is 20.6. The van der Waals surface area contributed by atoms with Crippen LogP contribution in [0.4, 0.5) is 5.69 Å². The van der Waals surface area contributed by atoms with E-state index in [1.807, 2.05) is 58.9 Å². The second-order valence-electron chi connectivity index (χ2n) is 7.77. The number of carbonyl (C=O) groups is 2. The van der Waals surface area contributed by atoms with Gasteiger partial charge in [0.05, 0.1) is 12.7 Å². The number of furan rings is 1. The van der Waals surface area contributed by atoms with Gasteiger partial charge in [0.1, 0.15) is 5.58 Å². The predicted molar refractivity (Wildman–Crippen MR) is 114 cm³/mol. The van der Waals surface area contributed by atoms with Gasteiger partial charge in [-0.1, -0.05) is 17.7 Å². The number of aryl methyl sites for hydroxylation is 5. The molecule has 1 atom stereocenters. The van der Waals surface area contributed by atoms with Crippen LogP contribution in [0.2, 0.25) is 0 Å². The Hall–Kier alpha value is -3.08. The zero-order chi connectivity index (χ0) is 21.3. The van der Waals surface area contributed by atoms with E-state index >= 15 is 0 Å². The summed E-state index contributed by atoms with van der Waals surface area (Å²) in [6, 6.07) is 7.98. The molecule has 1 amide bonds. The molecule has 5 nitrogen and oxygen atoms in total. The minimum Gasteiger partial charge on any atom is -0.464 e. The molecule has 1 unspecified atom stereocenters.